The number of hydrogen-bond acceptors (Lipinski definition) is 6. The van der Waals surface area contributed by atoms with E-state index in [0.29, 0.717) is 10.4 Å². The van der Waals surface area contributed by atoms with Crippen LogP contribution in [0.1, 0.15) is 27.2 Å². The number of carbonyl (C=O) groups excluding carboxylic acids is 1. The molecule has 0 aliphatic carbocycles. The molecule has 0 fully saturated rings. The van der Waals surface area contributed by atoms with Gasteiger partial charge in [-0.2, -0.15) is 26.7 Å². The van der Waals surface area contributed by atoms with E-state index in [2.05, 4.69) is 5.10 Å². The molecule has 0 saturated heterocycles. The molecule has 0 radical (unpaired) electrons. The smallest absolute Gasteiger partial charge is 0.436 e. The third-order valence-corrected chi connectivity index (χ3v) is 5.57. The zero-order valence-electron chi connectivity index (χ0n) is 16.6. The maximum absolute atomic E-state index is 13.6. The molecule has 2 aromatic carbocycles. The van der Waals surface area contributed by atoms with Gasteiger partial charge in [0, 0.05) is 12.6 Å². The minimum atomic E-state index is -5.02. The molecule has 0 unspecified atom stereocenters. The molecule has 0 amide bonds. The summed E-state index contributed by atoms with van der Waals surface area (Å²) in [5.74, 6) is -1.55. The molecule has 7 nitrogen and oxygen atoms in total. The second-order valence-electron chi connectivity index (χ2n) is 6.56. The van der Waals surface area contributed by atoms with E-state index < -0.39 is 39.2 Å². The number of halogens is 3. The lowest BCUT2D eigenvalue weighted by Crippen LogP contribution is -2.16. The molecule has 0 atom stereocenters. The summed E-state index contributed by atoms with van der Waals surface area (Å²) < 4.78 is 76.6. The molecule has 0 saturated carbocycles. The SMILES string of the molecule is COc1ccc(C(=O)c2c(C(F)(F)F)nn(C)c2OS(=O)(=O)c2ccc(C)cc2)cc1. The van der Waals surface area contributed by atoms with Gasteiger partial charge in [-0.25, -0.2) is 4.68 Å². The Morgan fingerprint density at radius 1 is 1.03 bits per heavy atom. The quantitative estimate of drug-likeness (QED) is 0.416. The average molecular weight is 454 g/mol. The number of benzene rings is 2. The first kappa shape index (κ1) is 22.3. The lowest BCUT2D eigenvalue weighted by atomic mass is 10.0. The zero-order valence-corrected chi connectivity index (χ0v) is 17.4. The van der Waals surface area contributed by atoms with E-state index in [0.717, 1.165) is 12.6 Å². The van der Waals surface area contributed by atoms with Gasteiger partial charge in [0.1, 0.15) is 16.2 Å². The highest BCUT2D eigenvalue weighted by Crippen LogP contribution is 2.37. The van der Waals surface area contributed by atoms with Crippen LogP contribution in [0.5, 0.6) is 11.6 Å². The van der Waals surface area contributed by atoms with Crippen LogP contribution in [-0.2, 0) is 23.3 Å². The van der Waals surface area contributed by atoms with Gasteiger partial charge in [-0.1, -0.05) is 17.7 Å². The number of aryl methyl sites for hydroxylation is 2. The van der Waals surface area contributed by atoms with Crippen LogP contribution in [0.3, 0.4) is 0 Å². The highest BCUT2D eigenvalue weighted by molar-refractivity contribution is 7.87. The Morgan fingerprint density at radius 2 is 1.61 bits per heavy atom. The Balaban J connectivity index is 2.13. The van der Waals surface area contributed by atoms with Crippen LogP contribution in [0, 0.1) is 6.92 Å². The van der Waals surface area contributed by atoms with E-state index in [-0.39, 0.29) is 10.5 Å². The largest absolute Gasteiger partial charge is 0.497 e. The van der Waals surface area contributed by atoms with Gasteiger partial charge in [0.05, 0.1) is 7.11 Å². The Bertz CT molecular complexity index is 1220. The van der Waals surface area contributed by atoms with Crippen LogP contribution in [0.15, 0.2) is 53.4 Å². The van der Waals surface area contributed by atoms with Gasteiger partial charge in [-0.3, -0.25) is 4.79 Å². The van der Waals surface area contributed by atoms with Crippen molar-refractivity contribution in [2.45, 2.75) is 18.0 Å². The second kappa shape index (κ2) is 8.06. The first-order chi connectivity index (χ1) is 14.4. The fourth-order valence-electron chi connectivity index (χ4n) is 2.75. The van der Waals surface area contributed by atoms with Gasteiger partial charge in [-0.05, 0) is 43.3 Å². The van der Waals surface area contributed by atoms with Gasteiger partial charge in [0.25, 0.3) is 0 Å². The molecule has 0 aliphatic rings. The maximum atomic E-state index is 13.6. The summed E-state index contributed by atoms with van der Waals surface area (Å²) in [5.41, 5.74) is -1.91. The van der Waals surface area contributed by atoms with Gasteiger partial charge >= 0.3 is 16.3 Å². The zero-order chi connectivity index (χ0) is 23.0. The number of alkyl halides is 3. The van der Waals surface area contributed by atoms with Crippen molar-refractivity contribution in [3.8, 4) is 11.6 Å². The number of aromatic nitrogens is 2. The number of hydrogen-bond donors (Lipinski definition) is 0. The molecule has 31 heavy (non-hydrogen) atoms. The van der Waals surface area contributed by atoms with Crippen molar-refractivity contribution in [1.29, 1.82) is 0 Å². The van der Waals surface area contributed by atoms with Gasteiger partial charge < -0.3 is 8.92 Å². The molecule has 3 rings (SSSR count). The molecule has 0 spiro atoms. The van der Waals surface area contributed by atoms with Crippen molar-refractivity contribution in [2.75, 3.05) is 7.11 Å². The fraction of sp³-hybridized carbons (Fsp3) is 0.200. The molecule has 3 aromatic rings. The van der Waals surface area contributed by atoms with Gasteiger partial charge in [0.15, 0.2) is 5.69 Å². The molecule has 0 bridgehead atoms. The van der Waals surface area contributed by atoms with Crippen LogP contribution >= 0.6 is 0 Å². The van der Waals surface area contributed by atoms with Crippen molar-refractivity contribution in [3.63, 3.8) is 0 Å². The minimum absolute atomic E-state index is 0.128. The van der Waals surface area contributed by atoms with Crippen LogP contribution in [0.25, 0.3) is 0 Å². The number of ether oxygens (including phenoxy) is 1. The molecule has 0 N–H and O–H groups in total. The van der Waals surface area contributed by atoms with Crippen LogP contribution in [-0.4, -0.2) is 31.1 Å². The number of nitrogens with zero attached hydrogens (tertiary/aromatic N) is 2. The third-order valence-electron chi connectivity index (χ3n) is 4.34. The lowest BCUT2D eigenvalue weighted by Gasteiger charge is -2.10. The highest BCUT2D eigenvalue weighted by Gasteiger charge is 2.43. The monoisotopic (exact) mass is 454 g/mol. The van der Waals surface area contributed by atoms with E-state index in [9.17, 15) is 26.4 Å². The Labute approximate surface area is 176 Å². The van der Waals surface area contributed by atoms with Crippen LogP contribution in [0.4, 0.5) is 13.2 Å². The molecular weight excluding hydrogens is 437 g/mol. The maximum Gasteiger partial charge on any atom is 0.436 e. The number of ketones is 1. The first-order valence-corrected chi connectivity index (χ1v) is 10.2. The molecule has 11 heteroatoms. The average Bonchev–Trinajstić information content (AvgIpc) is 3.04. The van der Waals surface area contributed by atoms with E-state index in [1.165, 1.54) is 55.6 Å². The highest BCUT2D eigenvalue weighted by atomic mass is 32.2. The first-order valence-electron chi connectivity index (χ1n) is 8.78. The van der Waals surface area contributed by atoms with E-state index >= 15 is 0 Å². The van der Waals surface area contributed by atoms with E-state index in [4.69, 9.17) is 8.92 Å². The molecule has 1 heterocycles. The Morgan fingerprint density at radius 3 is 2.13 bits per heavy atom. The summed E-state index contributed by atoms with van der Waals surface area (Å²) in [6.07, 6.45) is -5.02. The number of rotatable bonds is 6. The lowest BCUT2D eigenvalue weighted by molar-refractivity contribution is -0.141. The van der Waals surface area contributed by atoms with Crippen molar-refractivity contribution < 1.29 is 35.3 Å². The summed E-state index contributed by atoms with van der Waals surface area (Å²) in [5, 5.41) is 3.31. The standard InChI is InChI=1S/C20H17F3N2O5S/c1-12-4-10-15(11-5-12)31(27,28)30-19-16(18(20(21,22)23)24-25(19)2)17(26)13-6-8-14(29-3)9-7-13/h4-11H,1-3H3. The Kier molecular flexibility index (Phi) is 5.81. The summed E-state index contributed by atoms with van der Waals surface area (Å²) in [4.78, 5) is 12.7. The summed E-state index contributed by atoms with van der Waals surface area (Å²) in [7, 11) is -2.09. The van der Waals surface area contributed by atoms with E-state index in [1.807, 2.05) is 0 Å². The number of carbonyl (C=O) groups is 1. The van der Waals surface area contributed by atoms with Crippen molar-refractivity contribution in [2.24, 2.45) is 7.05 Å². The molecular formula is C20H17F3N2O5S. The van der Waals surface area contributed by atoms with Crippen molar-refractivity contribution in [3.05, 3.63) is 70.9 Å². The number of methoxy groups -OCH3 is 1. The van der Waals surface area contributed by atoms with Crippen LogP contribution in [0.2, 0.25) is 0 Å². The van der Waals surface area contributed by atoms with Crippen LogP contribution < -0.4 is 8.92 Å². The third kappa shape index (κ3) is 4.55. The van der Waals surface area contributed by atoms with Crippen molar-refractivity contribution >= 4 is 15.9 Å². The van der Waals surface area contributed by atoms with E-state index in [1.54, 1.807) is 6.92 Å². The van der Waals surface area contributed by atoms with Gasteiger partial charge in [0.2, 0.25) is 11.7 Å². The fourth-order valence-corrected chi connectivity index (χ4v) is 3.72. The minimum Gasteiger partial charge on any atom is -0.497 e. The predicted molar refractivity (Wildman–Crippen MR) is 104 cm³/mol. The topological polar surface area (TPSA) is 87.5 Å². The second-order valence-corrected chi connectivity index (χ2v) is 8.10. The molecule has 0 aliphatic heterocycles. The molecule has 1 aromatic heterocycles. The molecule has 164 valence electrons. The Hall–Kier alpha value is -3.34. The summed E-state index contributed by atoms with van der Waals surface area (Å²) in [6, 6.07) is 10.8. The summed E-state index contributed by atoms with van der Waals surface area (Å²) >= 11 is 0. The van der Waals surface area contributed by atoms with Gasteiger partial charge in [-0.15, -0.1) is 0 Å². The van der Waals surface area contributed by atoms with Crippen molar-refractivity contribution in [1.82, 2.24) is 9.78 Å². The summed E-state index contributed by atoms with van der Waals surface area (Å²) in [6.45, 7) is 1.74. The normalized spacial score (nSPS) is 11.9. The predicted octanol–water partition coefficient (Wildman–Crippen LogP) is 3.75.